The van der Waals surface area contributed by atoms with Crippen LogP contribution < -0.4 is 15.4 Å². The van der Waals surface area contributed by atoms with Crippen LogP contribution in [-0.2, 0) is 14.3 Å². The first-order chi connectivity index (χ1) is 15.4. The van der Waals surface area contributed by atoms with Crippen molar-refractivity contribution in [2.75, 3.05) is 6.54 Å². The smallest absolute Gasteiger partial charge is 0.408 e. The predicted molar refractivity (Wildman–Crippen MR) is 108 cm³/mol. The van der Waals surface area contributed by atoms with Gasteiger partial charge in [0.2, 0.25) is 34.8 Å². The summed E-state index contributed by atoms with van der Waals surface area (Å²) in [6.45, 7) is 9.46. The fourth-order valence-corrected chi connectivity index (χ4v) is 2.36. The maximum absolute atomic E-state index is 13.9. The van der Waals surface area contributed by atoms with Crippen molar-refractivity contribution < 1.29 is 50.5 Å². The number of rotatable bonds is 7. The minimum absolute atomic E-state index is 0.0198. The number of halogens is 5. The molecule has 0 saturated heterocycles. The van der Waals surface area contributed by atoms with Crippen LogP contribution >= 0.6 is 0 Å². The summed E-state index contributed by atoms with van der Waals surface area (Å²) in [5.41, 5.74) is -1.74. The number of amides is 2. The maximum atomic E-state index is 13.9. The molecule has 34 heavy (non-hydrogen) atoms. The largest absolute Gasteiger partial charge is 0.444 e. The van der Waals surface area contributed by atoms with Gasteiger partial charge in [-0.1, -0.05) is 0 Å². The molecule has 0 aliphatic rings. The second-order valence-electron chi connectivity index (χ2n) is 9.09. The van der Waals surface area contributed by atoms with E-state index in [1.54, 1.807) is 20.8 Å². The van der Waals surface area contributed by atoms with Crippen LogP contribution in [0.2, 0.25) is 0 Å². The molecule has 0 aromatic heterocycles. The van der Waals surface area contributed by atoms with Crippen LogP contribution in [-0.4, -0.2) is 41.9 Å². The molecule has 0 aliphatic heterocycles. The molecule has 0 unspecified atom stereocenters. The third kappa shape index (κ3) is 9.02. The van der Waals surface area contributed by atoms with Crippen LogP contribution in [0, 0.1) is 29.1 Å². The van der Waals surface area contributed by atoms with Gasteiger partial charge in [0, 0.05) is 6.54 Å². The summed E-state index contributed by atoms with van der Waals surface area (Å²) >= 11 is 0. The van der Waals surface area contributed by atoms with Gasteiger partial charge in [0.1, 0.15) is 17.2 Å². The lowest BCUT2D eigenvalue weighted by Gasteiger charge is -2.23. The van der Waals surface area contributed by atoms with E-state index < -0.39 is 70.2 Å². The number of hydrogen-bond acceptors (Lipinski definition) is 6. The van der Waals surface area contributed by atoms with Gasteiger partial charge < -0.3 is 24.8 Å². The molecule has 13 heteroatoms. The molecule has 1 aromatic carbocycles. The zero-order valence-corrected chi connectivity index (χ0v) is 19.5. The molecule has 1 rings (SSSR count). The maximum Gasteiger partial charge on any atom is 0.408 e. The van der Waals surface area contributed by atoms with Gasteiger partial charge in [-0.15, -0.1) is 0 Å². The second-order valence-corrected chi connectivity index (χ2v) is 9.09. The summed E-state index contributed by atoms with van der Waals surface area (Å²) in [4.78, 5) is 36.2. The van der Waals surface area contributed by atoms with Gasteiger partial charge in [0.25, 0.3) is 0 Å². The van der Waals surface area contributed by atoms with Crippen LogP contribution in [0.5, 0.6) is 5.75 Å². The number of carbonyl (C=O) groups is 3. The number of benzene rings is 1. The van der Waals surface area contributed by atoms with Gasteiger partial charge in [-0.05, 0) is 54.4 Å². The van der Waals surface area contributed by atoms with Gasteiger partial charge >= 0.3 is 18.2 Å². The molecule has 1 aromatic rings. The van der Waals surface area contributed by atoms with Crippen LogP contribution in [0.15, 0.2) is 0 Å². The summed E-state index contributed by atoms with van der Waals surface area (Å²) in [5, 5.41) is 4.51. The van der Waals surface area contributed by atoms with Gasteiger partial charge in [0.15, 0.2) is 0 Å². The molecular formula is C21H27F5N2O6. The number of esters is 1. The first-order valence-electron chi connectivity index (χ1n) is 10.1. The highest BCUT2D eigenvalue weighted by molar-refractivity contribution is 5.83. The molecule has 0 saturated carbocycles. The number of carbonyl (C=O) groups excluding carboxylic acids is 3. The SMILES string of the molecule is CC(C)(C)OC(=O)NCCC[C@H](NC(=O)OC(C)(C)C)C(=O)Oc1c(F)c(F)c(F)c(F)c1F. The van der Waals surface area contributed by atoms with E-state index in [2.05, 4.69) is 15.4 Å². The summed E-state index contributed by atoms with van der Waals surface area (Å²) in [7, 11) is 0. The highest BCUT2D eigenvalue weighted by Crippen LogP contribution is 2.29. The topological polar surface area (TPSA) is 103 Å². The van der Waals surface area contributed by atoms with E-state index in [-0.39, 0.29) is 19.4 Å². The number of ether oxygens (including phenoxy) is 3. The van der Waals surface area contributed by atoms with Crippen LogP contribution in [0.1, 0.15) is 54.4 Å². The van der Waals surface area contributed by atoms with Crippen molar-refractivity contribution >= 4 is 18.2 Å². The Hall–Kier alpha value is -3.12. The van der Waals surface area contributed by atoms with Crippen LogP contribution in [0.3, 0.4) is 0 Å². The van der Waals surface area contributed by atoms with Crippen molar-refractivity contribution in [2.45, 2.75) is 71.6 Å². The van der Waals surface area contributed by atoms with Crippen molar-refractivity contribution in [3.05, 3.63) is 29.1 Å². The zero-order chi connectivity index (χ0) is 26.4. The van der Waals surface area contributed by atoms with Gasteiger partial charge in [0.05, 0.1) is 0 Å². The van der Waals surface area contributed by atoms with Crippen molar-refractivity contribution in [1.82, 2.24) is 10.6 Å². The second kappa shape index (κ2) is 11.3. The highest BCUT2D eigenvalue weighted by Gasteiger charge is 2.32. The molecule has 0 bridgehead atoms. The Morgan fingerprint density at radius 2 is 1.21 bits per heavy atom. The molecule has 0 heterocycles. The minimum Gasteiger partial charge on any atom is -0.444 e. The van der Waals surface area contributed by atoms with E-state index in [9.17, 15) is 36.3 Å². The van der Waals surface area contributed by atoms with Crippen LogP contribution in [0.25, 0.3) is 0 Å². The Bertz CT molecular complexity index is 899. The van der Waals surface area contributed by atoms with E-state index in [0.29, 0.717) is 0 Å². The third-order valence-electron chi connectivity index (χ3n) is 3.69. The minimum atomic E-state index is -2.42. The summed E-state index contributed by atoms with van der Waals surface area (Å²) in [6, 6.07) is -1.62. The van der Waals surface area contributed by atoms with Crippen LogP contribution in [0.4, 0.5) is 31.5 Å². The fraction of sp³-hybridized carbons (Fsp3) is 0.571. The molecule has 192 valence electrons. The fourth-order valence-electron chi connectivity index (χ4n) is 2.36. The van der Waals surface area contributed by atoms with Gasteiger partial charge in [-0.3, -0.25) is 0 Å². The van der Waals surface area contributed by atoms with E-state index in [1.165, 1.54) is 20.8 Å². The quantitative estimate of drug-likeness (QED) is 0.144. The Balaban J connectivity index is 2.97. The zero-order valence-electron chi connectivity index (χ0n) is 19.5. The Kier molecular flexibility index (Phi) is 9.64. The van der Waals surface area contributed by atoms with Crippen molar-refractivity contribution in [3.8, 4) is 5.75 Å². The van der Waals surface area contributed by atoms with E-state index in [1.807, 2.05) is 0 Å². The molecule has 0 radical (unpaired) electrons. The van der Waals surface area contributed by atoms with E-state index >= 15 is 0 Å². The lowest BCUT2D eigenvalue weighted by Crippen LogP contribution is -2.45. The highest BCUT2D eigenvalue weighted by atomic mass is 19.2. The molecule has 8 nitrogen and oxygen atoms in total. The normalized spacial score (nSPS) is 12.6. The third-order valence-corrected chi connectivity index (χ3v) is 3.69. The summed E-state index contributed by atoms with van der Waals surface area (Å²) in [5.74, 6) is -15.1. The van der Waals surface area contributed by atoms with Gasteiger partial charge in [-0.25, -0.2) is 27.6 Å². The number of nitrogens with one attached hydrogen (secondary N) is 2. The average molecular weight is 498 g/mol. The van der Waals surface area contributed by atoms with E-state index in [4.69, 9.17) is 9.47 Å². The lowest BCUT2D eigenvalue weighted by atomic mass is 10.1. The number of alkyl carbamates (subject to hydrolysis) is 2. The van der Waals surface area contributed by atoms with Gasteiger partial charge in [-0.2, -0.15) is 8.78 Å². The summed E-state index contributed by atoms with van der Waals surface area (Å²) in [6.07, 6.45) is -2.10. The Labute approximate surface area is 193 Å². The standard InChI is InChI=1S/C21H27F5N2O6/c1-20(2,3)33-18(30)27-9-7-8-10(28-19(31)34-21(4,5)6)17(29)32-16-14(25)12(23)11(22)13(24)15(16)26/h10H,7-9H2,1-6H3,(H,27,30)(H,28,31)/t10-/m0/s1. The lowest BCUT2D eigenvalue weighted by molar-refractivity contribution is -0.137. The summed E-state index contributed by atoms with van der Waals surface area (Å²) < 4.78 is 82.2. The van der Waals surface area contributed by atoms with Crippen molar-refractivity contribution in [1.29, 1.82) is 0 Å². The molecular weight excluding hydrogens is 471 g/mol. The predicted octanol–water partition coefficient (Wildman–Crippen LogP) is 4.49. The monoisotopic (exact) mass is 498 g/mol. The van der Waals surface area contributed by atoms with Crippen molar-refractivity contribution in [2.24, 2.45) is 0 Å². The molecule has 0 fully saturated rings. The van der Waals surface area contributed by atoms with E-state index in [0.717, 1.165) is 0 Å². The number of hydrogen-bond donors (Lipinski definition) is 2. The first kappa shape index (κ1) is 28.9. The Morgan fingerprint density at radius 3 is 1.68 bits per heavy atom. The Morgan fingerprint density at radius 1 is 0.765 bits per heavy atom. The molecule has 0 spiro atoms. The molecule has 0 aliphatic carbocycles. The molecule has 2 N–H and O–H groups in total. The molecule has 1 atom stereocenters. The molecule has 2 amide bonds. The average Bonchev–Trinajstić information content (AvgIpc) is 2.67. The first-order valence-corrected chi connectivity index (χ1v) is 10.1. The van der Waals surface area contributed by atoms with Crippen molar-refractivity contribution in [3.63, 3.8) is 0 Å².